The second kappa shape index (κ2) is 8.60. The first kappa shape index (κ1) is 18.8. The van der Waals surface area contributed by atoms with Gasteiger partial charge < -0.3 is 5.32 Å². The summed E-state index contributed by atoms with van der Waals surface area (Å²) in [4.78, 5) is 24.0. The lowest BCUT2D eigenvalue weighted by molar-refractivity contribution is -0.116. The van der Waals surface area contributed by atoms with Crippen molar-refractivity contribution in [2.45, 2.75) is 19.4 Å². The predicted molar refractivity (Wildman–Crippen MR) is 103 cm³/mol. The number of amides is 1. The molecule has 0 radical (unpaired) electrons. The quantitative estimate of drug-likeness (QED) is 0.694. The normalized spacial score (nSPS) is 10.6. The standard InChI is InChI=1S/C20H17ClFN3O2/c21-15-9-7-14(8-10-15)17-11-12-20(27)25(24-17)13-3-6-19(26)23-18-5-2-1-4-16(18)22/h1-2,4-5,7-12H,3,6,13H2,(H,23,26). The average Bonchev–Trinajstić information content (AvgIpc) is 2.66. The number of nitrogens with one attached hydrogen (secondary N) is 1. The van der Waals surface area contributed by atoms with E-state index in [0.717, 1.165) is 5.56 Å². The Morgan fingerprint density at radius 1 is 1.07 bits per heavy atom. The van der Waals surface area contributed by atoms with Crippen molar-refractivity contribution in [3.63, 3.8) is 0 Å². The van der Waals surface area contributed by atoms with Gasteiger partial charge in [-0.15, -0.1) is 0 Å². The highest BCUT2D eigenvalue weighted by Gasteiger charge is 2.08. The number of hydrogen-bond acceptors (Lipinski definition) is 3. The molecule has 138 valence electrons. The van der Waals surface area contributed by atoms with Gasteiger partial charge in [0.15, 0.2) is 0 Å². The van der Waals surface area contributed by atoms with Gasteiger partial charge in [-0.3, -0.25) is 9.59 Å². The Bertz CT molecular complexity index is 1000. The monoisotopic (exact) mass is 385 g/mol. The predicted octanol–water partition coefficient (Wildman–Crippen LogP) is 4.12. The lowest BCUT2D eigenvalue weighted by Crippen LogP contribution is -2.23. The van der Waals surface area contributed by atoms with E-state index in [1.54, 1.807) is 30.3 Å². The number of carbonyl (C=O) groups is 1. The van der Waals surface area contributed by atoms with Crippen molar-refractivity contribution in [3.05, 3.63) is 81.9 Å². The number of rotatable bonds is 6. The van der Waals surface area contributed by atoms with Crippen LogP contribution in [0.5, 0.6) is 0 Å². The van der Waals surface area contributed by atoms with E-state index in [9.17, 15) is 14.0 Å². The van der Waals surface area contributed by atoms with Gasteiger partial charge in [0.1, 0.15) is 5.82 Å². The minimum absolute atomic E-state index is 0.141. The molecule has 5 nitrogen and oxygen atoms in total. The van der Waals surface area contributed by atoms with Crippen molar-refractivity contribution in [2.24, 2.45) is 0 Å². The van der Waals surface area contributed by atoms with Gasteiger partial charge in [-0.05, 0) is 36.8 Å². The van der Waals surface area contributed by atoms with Gasteiger partial charge in [-0.1, -0.05) is 35.9 Å². The van der Waals surface area contributed by atoms with Gasteiger partial charge in [-0.25, -0.2) is 9.07 Å². The number of hydrogen-bond donors (Lipinski definition) is 1. The summed E-state index contributed by atoms with van der Waals surface area (Å²) in [6, 6.07) is 16.2. The molecule has 0 bridgehead atoms. The Morgan fingerprint density at radius 2 is 1.81 bits per heavy atom. The SMILES string of the molecule is O=C(CCCn1nc(-c2ccc(Cl)cc2)ccc1=O)Nc1ccccc1F. The highest BCUT2D eigenvalue weighted by atomic mass is 35.5. The molecule has 0 aliphatic rings. The summed E-state index contributed by atoms with van der Waals surface area (Å²) in [7, 11) is 0. The molecule has 7 heteroatoms. The van der Waals surface area contributed by atoms with Crippen molar-refractivity contribution >= 4 is 23.2 Å². The molecule has 3 rings (SSSR count). The maximum atomic E-state index is 13.5. The molecule has 27 heavy (non-hydrogen) atoms. The lowest BCUT2D eigenvalue weighted by Gasteiger charge is -2.08. The van der Waals surface area contributed by atoms with Gasteiger partial charge in [0.2, 0.25) is 5.91 Å². The van der Waals surface area contributed by atoms with E-state index in [1.165, 1.54) is 22.9 Å². The zero-order valence-corrected chi connectivity index (χ0v) is 15.1. The molecular formula is C20H17ClFN3O2. The highest BCUT2D eigenvalue weighted by molar-refractivity contribution is 6.30. The number of nitrogens with zero attached hydrogens (tertiary/aromatic N) is 2. The van der Waals surface area contributed by atoms with Crippen LogP contribution in [-0.4, -0.2) is 15.7 Å². The molecule has 0 aliphatic carbocycles. The topological polar surface area (TPSA) is 64.0 Å². The number of carbonyl (C=O) groups excluding carboxylic acids is 1. The molecule has 0 atom stereocenters. The Morgan fingerprint density at radius 3 is 2.56 bits per heavy atom. The molecular weight excluding hydrogens is 369 g/mol. The van der Waals surface area contributed by atoms with Crippen molar-refractivity contribution in [2.75, 3.05) is 5.32 Å². The molecule has 1 amide bonds. The summed E-state index contributed by atoms with van der Waals surface area (Å²) in [5.74, 6) is -0.804. The fourth-order valence-corrected chi connectivity index (χ4v) is 2.67. The van der Waals surface area contributed by atoms with Crippen molar-refractivity contribution in [3.8, 4) is 11.3 Å². The number of benzene rings is 2. The lowest BCUT2D eigenvalue weighted by atomic mass is 10.1. The largest absolute Gasteiger partial charge is 0.324 e. The fraction of sp³-hybridized carbons (Fsp3) is 0.150. The Kier molecular flexibility index (Phi) is 5.98. The third kappa shape index (κ3) is 5.01. The number of para-hydroxylation sites is 1. The number of aryl methyl sites for hydroxylation is 1. The fourth-order valence-electron chi connectivity index (χ4n) is 2.55. The molecule has 1 heterocycles. The van der Waals surface area contributed by atoms with E-state index < -0.39 is 5.82 Å². The zero-order valence-electron chi connectivity index (χ0n) is 14.4. The van der Waals surface area contributed by atoms with E-state index in [1.807, 2.05) is 12.1 Å². The molecule has 3 aromatic rings. The maximum absolute atomic E-state index is 13.5. The van der Waals surface area contributed by atoms with Crippen molar-refractivity contribution < 1.29 is 9.18 Å². The van der Waals surface area contributed by atoms with Crippen LogP contribution in [0.3, 0.4) is 0 Å². The molecule has 2 aromatic carbocycles. The zero-order chi connectivity index (χ0) is 19.2. The second-order valence-corrected chi connectivity index (χ2v) is 6.35. The third-order valence-electron chi connectivity index (χ3n) is 3.93. The first-order valence-corrected chi connectivity index (χ1v) is 8.79. The van der Waals surface area contributed by atoms with Crippen LogP contribution in [0.15, 0.2) is 65.5 Å². The number of anilines is 1. The van der Waals surface area contributed by atoms with Crippen LogP contribution in [0.25, 0.3) is 11.3 Å². The first-order valence-electron chi connectivity index (χ1n) is 8.41. The molecule has 0 fully saturated rings. The molecule has 0 saturated carbocycles. The summed E-state index contributed by atoms with van der Waals surface area (Å²) in [5, 5.41) is 7.47. The van der Waals surface area contributed by atoms with E-state index in [2.05, 4.69) is 10.4 Å². The Hall–Kier alpha value is -2.99. The van der Waals surface area contributed by atoms with Crippen molar-refractivity contribution in [1.82, 2.24) is 9.78 Å². The van der Waals surface area contributed by atoms with E-state index in [0.29, 0.717) is 17.1 Å². The van der Waals surface area contributed by atoms with Gasteiger partial charge in [-0.2, -0.15) is 5.10 Å². The number of halogens is 2. The summed E-state index contributed by atoms with van der Waals surface area (Å²) in [5.41, 5.74) is 1.37. The number of aromatic nitrogens is 2. The van der Waals surface area contributed by atoms with Crippen LogP contribution >= 0.6 is 11.6 Å². The van der Waals surface area contributed by atoms with Gasteiger partial charge in [0, 0.05) is 29.6 Å². The molecule has 0 spiro atoms. The van der Waals surface area contributed by atoms with Gasteiger partial charge >= 0.3 is 0 Å². The third-order valence-corrected chi connectivity index (χ3v) is 4.18. The smallest absolute Gasteiger partial charge is 0.266 e. The second-order valence-electron chi connectivity index (χ2n) is 5.92. The van der Waals surface area contributed by atoms with Crippen LogP contribution in [0.2, 0.25) is 5.02 Å². The molecule has 0 aliphatic heterocycles. The molecule has 1 N–H and O–H groups in total. The average molecular weight is 386 g/mol. The minimum Gasteiger partial charge on any atom is -0.324 e. The summed E-state index contributed by atoms with van der Waals surface area (Å²) >= 11 is 5.88. The van der Waals surface area contributed by atoms with Crippen LogP contribution in [0, 0.1) is 5.82 Å². The van der Waals surface area contributed by atoms with E-state index in [4.69, 9.17) is 11.6 Å². The minimum atomic E-state index is -0.487. The van der Waals surface area contributed by atoms with Crippen molar-refractivity contribution in [1.29, 1.82) is 0 Å². The van der Waals surface area contributed by atoms with Gasteiger partial charge in [0.05, 0.1) is 11.4 Å². The molecule has 0 saturated heterocycles. The molecule has 0 unspecified atom stereocenters. The Labute approximate surface area is 160 Å². The highest BCUT2D eigenvalue weighted by Crippen LogP contribution is 2.18. The maximum Gasteiger partial charge on any atom is 0.266 e. The van der Waals surface area contributed by atoms with E-state index in [-0.39, 0.29) is 30.1 Å². The Balaban J connectivity index is 1.61. The van der Waals surface area contributed by atoms with Crippen LogP contribution in [-0.2, 0) is 11.3 Å². The molecule has 1 aromatic heterocycles. The van der Waals surface area contributed by atoms with Crippen LogP contribution < -0.4 is 10.9 Å². The summed E-state index contributed by atoms with van der Waals surface area (Å²) in [6.07, 6.45) is 0.547. The summed E-state index contributed by atoms with van der Waals surface area (Å²) in [6.45, 7) is 0.283. The van der Waals surface area contributed by atoms with Crippen LogP contribution in [0.4, 0.5) is 10.1 Å². The first-order chi connectivity index (χ1) is 13.0. The van der Waals surface area contributed by atoms with Gasteiger partial charge in [0.25, 0.3) is 5.56 Å². The van der Waals surface area contributed by atoms with Crippen LogP contribution in [0.1, 0.15) is 12.8 Å². The summed E-state index contributed by atoms with van der Waals surface area (Å²) < 4.78 is 14.9. The van der Waals surface area contributed by atoms with E-state index >= 15 is 0 Å².